The van der Waals surface area contributed by atoms with Crippen molar-refractivity contribution in [3.05, 3.63) is 66.2 Å². The first kappa shape index (κ1) is 20.1. The fraction of sp³-hybridized carbons (Fsp3) is 0.217. The molecular weight excluding hydrogens is 406 g/mol. The van der Waals surface area contributed by atoms with Gasteiger partial charge < -0.3 is 21.1 Å². The van der Waals surface area contributed by atoms with Gasteiger partial charge in [0.15, 0.2) is 0 Å². The zero-order chi connectivity index (χ0) is 22.2. The third-order valence-electron chi connectivity index (χ3n) is 5.73. The zero-order valence-electron chi connectivity index (χ0n) is 17.6. The summed E-state index contributed by atoms with van der Waals surface area (Å²) >= 11 is 0. The first-order valence-corrected chi connectivity index (χ1v) is 10.3. The lowest BCUT2D eigenvalue weighted by Gasteiger charge is -2.37. The summed E-state index contributed by atoms with van der Waals surface area (Å²) in [6, 6.07) is 11.4. The highest BCUT2D eigenvalue weighted by Crippen LogP contribution is 2.28. The molecule has 162 valence electrons. The summed E-state index contributed by atoms with van der Waals surface area (Å²) in [5, 5.41) is 18.6. The van der Waals surface area contributed by atoms with E-state index in [-0.39, 0.29) is 18.6 Å². The largest absolute Gasteiger partial charge is 0.390 e. The summed E-state index contributed by atoms with van der Waals surface area (Å²) in [6.07, 6.45) is 5.09. The van der Waals surface area contributed by atoms with Crippen molar-refractivity contribution >= 4 is 28.3 Å². The van der Waals surface area contributed by atoms with Gasteiger partial charge in [0.05, 0.1) is 18.5 Å². The van der Waals surface area contributed by atoms with Gasteiger partial charge in [0, 0.05) is 55.1 Å². The maximum Gasteiger partial charge on any atom is 0.257 e. The third-order valence-corrected chi connectivity index (χ3v) is 5.73. The van der Waals surface area contributed by atoms with Gasteiger partial charge in [-0.3, -0.25) is 9.48 Å². The molecule has 0 saturated carbocycles. The van der Waals surface area contributed by atoms with Crippen LogP contribution < -0.4 is 16.0 Å². The smallest absolute Gasteiger partial charge is 0.257 e. The average Bonchev–Trinajstić information content (AvgIpc) is 3.17. The molecule has 9 nitrogen and oxygen atoms in total. The molecule has 1 amide bonds. The third kappa shape index (κ3) is 3.68. The van der Waals surface area contributed by atoms with Crippen molar-refractivity contribution < 1.29 is 9.90 Å². The number of amides is 1. The zero-order valence-corrected chi connectivity index (χ0v) is 17.6. The van der Waals surface area contributed by atoms with E-state index in [1.165, 1.54) is 0 Å². The van der Waals surface area contributed by atoms with Gasteiger partial charge in [0.1, 0.15) is 11.6 Å². The first-order chi connectivity index (χ1) is 15.5. The highest BCUT2D eigenvalue weighted by Gasteiger charge is 2.24. The molecule has 0 atom stereocenters. The van der Waals surface area contributed by atoms with Gasteiger partial charge in [-0.25, -0.2) is 9.97 Å². The summed E-state index contributed by atoms with van der Waals surface area (Å²) in [6.45, 7) is 1.38. The molecule has 4 aromatic rings. The average molecular weight is 429 g/mol. The fourth-order valence-electron chi connectivity index (χ4n) is 3.89. The minimum atomic E-state index is -0.253. The summed E-state index contributed by atoms with van der Waals surface area (Å²) < 4.78 is 1.66. The van der Waals surface area contributed by atoms with Crippen LogP contribution in [-0.2, 0) is 13.7 Å². The maximum absolute atomic E-state index is 12.8. The molecule has 1 aromatic carbocycles. The Morgan fingerprint density at radius 1 is 1.16 bits per heavy atom. The Morgan fingerprint density at radius 3 is 2.78 bits per heavy atom. The number of aromatic nitrogens is 4. The van der Waals surface area contributed by atoms with Crippen LogP contribution in [0.3, 0.4) is 0 Å². The van der Waals surface area contributed by atoms with E-state index in [0.29, 0.717) is 11.4 Å². The monoisotopic (exact) mass is 429 g/mol. The van der Waals surface area contributed by atoms with E-state index in [0.717, 1.165) is 46.5 Å². The second-order valence-corrected chi connectivity index (χ2v) is 7.94. The molecule has 0 bridgehead atoms. The van der Waals surface area contributed by atoms with Gasteiger partial charge in [-0.15, -0.1) is 0 Å². The van der Waals surface area contributed by atoms with E-state index < -0.39 is 0 Å². The normalized spacial score (nSPS) is 13.9. The van der Waals surface area contributed by atoms with Crippen molar-refractivity contribution in [3.63, 3.8) is 0 Å². The summed E-state index contributed by atoms with van der Waals surface area (Å²) in [4.78, 5) is 23.6. The van der Waals surface area contributed by atoms with Crippen LogP contribution in [-0.4, -0.2) is 49.9 Å². The standard InChI is InChI=1S/C23H23N7O2/c1-29-20(13-31)19(10-27-29)14-2-3-16-9-26-21(7-17(16)6-14)28-23(32)15-4-5-25-22(8-15)30-11-18(24)12-30/h2-10,18,31H,11-13,24H2,1H3,(H,26,28,32). The van der Waals surface area contributed by atoms with E-state index in [4.69, 9.17) is 5.73 Å². The summed E-state index contributed by atoms with van der Waals surface area (Å²) in [7, 11) is 1.80. The van der Waals surface area contributed by atoms with Gasteiger partial charge in [-0.1, -0.05) is 12.1 Å². The Labute approximate surface area is 184 Å². The van der Waals surface area contributed by atoms with Gasteiger partial charge in [-0.2, -0.15) is 5.10 Å². The predicted molar refractivity (Wildman–Crippen MR) is 122 cm³/mol. The number of carbonyl (C=O) groups excluding carboxylic acids is 1. The summed E-state index contributed by atoms with van der Waals surface area (Å²) in [5.74, 6) is 0.945. The molecule has 3 aromatic heterocycles. The Balaban J connectivity index is 1.40. The maximum atomic E-state index is 12.8. The van der Waals surface area contributed by atoms with E-state index >= 15 is 0 Å². The Kier molecular flexibility index (Phi) is 5.04. The number of nitrogens with zero attached hydrogens (tertiary/aromatic N) is 5. The van der Waals surface area contributed by atoms with Crippen LogP contribution in [0.1, 0.15) is 16.1 Å². The number of rotatable bonds is 5. The van der Waals surface area contributed by atoms with Crippen molar-refractivity contribution in [3.8, 4) is 11.1 Å². The van der Waals surface area contributed by atoms with Crippen LogP contribution in [0.2, 0.25) is 0 Å². The van der Waals surface area contributed by atoms with Crippen LogP contribution in [0.4, 0.5) is 11.6 Å². The van der Waals surface area contributed by atoms with Gasteiger partial charge >= 0.3 is 0 Å². The molecule has 4 heterocycles. The van der Waals surface area contributed by atoms with Gasteiger partial charge in [0.2, 0.25) is 0 Å². The van der Waals surface area contributed by atoms with Crippen LogP contribution >= 0.6 is 0 Å². The first-order valence-electron chi connectivity index (χ1n) is 10.3. The molecule has 4 N–H and O–H groups in total. The quantitative estimate of drug-likeness (QED) is 0.443. The fourth-order valence-corrected chi connectivity index (χ4v) is 3.89. The molecule has 1 fully saturated rings. The number of carbonyl (C=O) groups is 1. The van der Waals surface area contributed by atoms with E-state index in [1.54, 1.807) is 42.5 Å². The van der Waals surface area contributed by atoms with E-state index in [9.17, 15) is 9.90 Å². The van der Waals surface area contributed by atoms with Crippen LogP contribution in [0.25, 0.3) is 21.9 Å². The molecule has 0 spiro atoms. The number of benzene rings is 1. The Morgan fingerprint density at radius 2 is 2.00 bits per heavy atom. The number of hydrogen-bond donors (Lipinski definition) is 3. The molecule has 32 heavy (non-hydrogen) atoms. The van der Waals surface area contributed by atoms with E-state index in [2.05, 4.69) is 20.4 Å². The van der Waals surface area contributed by atoms with Crippen molar-refractivity contribution in [1.82, 2.24) is 19.7 Å². The molecule has 9 heteroatoms. The van der Waals surface area contributed by atoms with Crippen molar-refractivity contribution in [2.45, 2.75) is 12.6 Å². The SMILES string of the molecule is Cn1ncc(-c2ccc3cnc(NC(=O)c4ccnc(N5CC(N)C5)c4)cc3c2)c1CO. The number of aliphatic hydroxyl groups is 1. The number of aliphatic hydroxyl groups excluding tert-OH is 1. The minimum absolute atomic E-state index is 0.0984. The van der Waals surface area contributed by atoms with Crippen molar-refractivity contribution in [1.29, 1.82) is 0 Å². The van der Waals surface area contributed by atoms with E-state index in [1.807, 2.05) is 29.2 Å². The van der Waals surface area contributed by atoms with Gasteiger partial charge in [-0.05, 0) is 35.2 Å². The molecular formula is C23H23N7O2. The second-order valence-electron chi connectivity index (χ2n) is 7.94. The number of anilines is 2. The molecule has 1 saturated heterocycles. The molecule has 1 aliphatic rings. The molecule has 5 rings (SSSR count). The predicted octanol–water partition coefficient (Wildman–Crippen LogP) is 1.92. The highest BCUT2D eigenvalue weighted by molar-refractivity contribution is 6.05. The summed E-state index contributed by atoms with van der Waals surface area (Å²) in [5.41, 5.74) is 8.90. The topological polar surface area (TPSA) is 122 Å². The highest BCUT2D eigenvalue weighted by atomic mass is 16.3. The lowest BCUT2D eigenvalue weighted by atomic mass is 10.0. The Bertz CT molecular complexity index is 1310. The van der Waals surface area contributed by atoms with Crippen LogP contribution in [0, 0.1) is 0 Å². The Hall–Kier alpha value is -3.82. The minimum Gasteiger partial charge on any atom is -0.390 e. The van der Waals surface area contributed by atoms with Crippen molar-refractivity contribution in [2.24, 2.45) is 12.8 Å². The number of nitrogens with one attached hydrogen (secondary N) is 1. The number of hydrogen-bond acceptors (Lipinski definition) is 7. The molecule has 0 aliphatic carbocycles. The van der Waals surface area contributed by atoms with Crippen LogP contribution in [0.5, 0.6) is 0 Å². The molecule has 0 unspecified atom stereocenters. The molecule has 0 radical (unpaired) electrons. The number of aryl methyl sites for hydroxylation is 1. The van der Waals surface area contributed by atoms with Crippen LogP contribution in [0.15, 0.2) is 55.0 Å². The second kappa shape index (κ2) is 8.03. The number of pyridine rings is 2. The lowest BCUT2D eigenvalue weighted by molar-refractivity contribution is 0.102. The lowest BCUT2D eigenvalue weighted by Crippen LogP contribution is -2.56. The molecule has 1 aliphatic heterocycles. The number of fused-ring (bicyclic) bond motifs is 1. The van der Waals surface area contributed by atoms with Gasteiger partial charge in [0.25, 0.3) is 5.91 Å². The number of nitrogens with two attached hydrogens (primary N) is 1. The van der Waals surface area contributed by atoms with Crippen molar-refractivity contribution in [2.75, 3.05) is 23.3 Å².